The van der Waals surface area contributed by atoms with Crippen LogP contribution in [0.1, 0.15) is 75.0 Å². The first-order valence-electron chi connectivity index (χ1n) is 16.5. The van der Waals surface area contributed by atoms with E-state index < -0.39 is 0 Å². The van der Waals surface area contributed by atoms with E-state index in [1.807, 2.05) is 68.1 Å². The van der Waals surface area contributed by atoms with Crippen molar-refractivity contribution in [3.8, 4) is 17.0 Å². The van der Waals surface area contributed by atoms with Gasteiger partial charge in [0.25, 0.3) is 11.8 Å². The highest BCUT2D eigenvalue weighted by molar-refractivity contribution is 5.99. The third-order valence-corrected chi connectivity index (χ3v) is 8.61. The van der Waals surface area contributed by atoms with Crippen molar-refractivity contribution in [3.05, 3.63) is 76.3 Å². The Balaban J connectivity index is 1.62. The average molecular weight is 631 g/mol. The molecule has 0 bridgehead atoms. The molecule has 1 aliphatic carbocycles. The zero-order valence-corrected chi connectivity index (χ0v) is 27.1. The molecule has 1 aliphatic heterocycles. The van der Waals surface area contributed by atoms with Crippen LogP contribution in [0.3, 0.4) is 0 Å². The van der Waals surface area contributed by atoms with Crippen molar-refractivity contribution in [2.75, 3.05) is 32.8 Å². The number of hydrogen-bond donors (Lipinski definition) is 3. The van der Waals surface area contributed by atoms with Crippen LogP contribution in [0, 0.1) is 0 Å². The molecule has 0 radical (unpaired) electrons. The third-order valence-electron chi connectivity index (χ3n) is 8.61. The lowest BCUT2D eigenvalue weighted by atomic mass is 9.89. The van der Waals surface area contributed by atoms with Crippen molar-refractivity contribution in [1.29, 1.82) is 0 Å². The minimum absolute atomic E-state index is 0.00264. The Kier molecular flexibility index (Phi) is 11.0. The summed E-state index contributed by atoms with van der Waals surface area (Å²) in [5.74, 6) is 0.0275. The Morgan fingerprint density at radius 3 is 2.43 bits per heavy atom. The molecular formula is C35H46N6O5. The number of nitrogens with zero attached hydrogens (tertiary/aromatic N) is 3. The van der Waals surface area contributed by atoms with Crippen molar-refractivity contribution in [1.82, 2.24) is 30.0 Å². The summed E-state index contributed by atoms with van der Waals surface area (Å²) in [6.45, 7) is 8.02. The lowest BCUT2D eigenvalue weighted by Gasteiger charge is -2.34. The molecule has 1 saturated heterocycles. The highest BCUT2D eigenvalue weighted by atomic mass is 16.5. The first-order chi connectivity index (χ1) is 22.3. The Morgan fingerprint density at radius 2 is 1.72 bits per heavy atom. The fraction of sp³-hybridized carbons (Fsp3) is 0.486. The molecule has 1 unspecified atom stereocenters. The van der Waals surface area contributed by atoms with Crippen molar-refractivity contribution < 1.29 is 19.1 Å². The van der Waals surface area contributed by atoms with Gasteiger partial charge in [0.1, 0.15) is 11.4 Å². The van der Waals surface area contributed by atoms with Crippen LogP contribution in [0.4, 0.5) is 0 Å². The maximum atomic E-state index is 14.7. The summed E-state index contributed by atoms with van der Waals surface area (Å²) in [7, 11) is 0. The maximum absolute atomic E-state index is 14.7. The van der Waals surface area contributed by atoms with E-state index >= 15 is 0 Å². The van der Waals surface area contributed by atoms with Crippen molar-refractivity contribution in [2.45, 2.75) is 77.5 Å². The molecule has 11 heteroatoms. The topological polar surface area (TPSA) is 127 Å². The minimum Gasteiger partial charge on any atom is -0.484 e. The van der Waals surface area contributed by atoms with Crippen LogP contribution in [0.25, 0.3) is 11.3 Å². The lowest BCUT2D eigenvalue weighted by molar-refractivity contribution is -0.123. The number of nitrogens with one attached hydrogen (secondary N) is 3. The normalized spacial score (nSPS) is 18.3. The second-order valence-electron chi connectivity index (χ2n) is 12.4. The van der Waals surface area contributed by atoms with E-state index in [2.05, 4.69) is 16.0 Å². The second kappa shape index (κ2) is 15.3. The van der Waals surface area contributed by atoms with Gasteiger partial charge in [0.2, 0.25) is 5.91 Å². The molecule has 5 rings (SSSR count). The molecule has 11 nitrogen and oxygen atoms in total. The van der Waals surface area contributed by atoms with Gasteiger partial charge in [-0.2, -0.15) is 0 Å². The number of piperazine rings is 1. The number of hydrogen-bond acceptors (Lipinski definition) is 6. The van der Waals surface area contributed by atoms with Crippen molar-refractivity contribution in [3.63, 3.8) is 0 Å². The van der Waals surface area contributed by atoms with Gasteiger partial charge in [-0.25, -0.2) is 4.79 Å². The van der Waals surface area contributed by atoms with E-state index in [-0.39, 0.29) is 54.7 Å². The molecular weight excluding hydrogens is 584 g/mol. The first kappa shape index (κ1) is 33.0. The summed E-state index contributed by atoms with van der Waals surface area (Å²) in [5.41, 5.74) is 2.16. The van der Waals surface area contributed by atoms with Gasteiger partial charge in [-0.05, 0) is 44.4 Å². The Hall–Kier alpha value is -4.38. The van der Waals surface area contributed by atoms with Crippen LogP contribution in [0.15, 0.2) is 59.4 Å². The standard InChI is InChI=1S/C35H46N6O5/c1-4-30(42)38-28-15-8-9-16-29(28)41-32(26-12-6-5-7-13-26)33(34(44)39-19-17-36-18-20-39)40(35(41)45)22-25-11-10-14-27(21-25)46-23-31(43)37-24(2)3/h5-7,10-14,21,24,28-29,36H,4,8-9,15-20,22-23H2,1-3H3,(H,37,43)(H,38,42)/t28-,29?/m0/s1. The zero-order valence-electron chi connectivity index (χ0n) is 27.1. The molecule has 2 atom stereocenters. The SMILES string of the molecule is CCC(=O)N[C@H]1CCCCC1n1c(-c2ccccc2)c(C(=O)N2CCNCC2)n(Cc2cccc(OCC(=O)NC(C)C)c2)c1=O. The number of carbonyl (C=O) groups is 3. The van der Waals surface area contributed by atoms with Gasteiger partial charge in [0.05, 0.1) is 18.3 Å². The number of carbonyl (C=O) groups excluding carboxylic acids is 3. The lowest BCUT2D eigenvalue weighted by Crippen LogP contribution is -2.47. The summed E-state index contributed by atoms with van der Waals surface area (Å²) >= 11 is 0. The summed E-state index contributed by atoms with van der Waals surface area (Å²) in [6, 6.07) is 16.3. The summed E-state index contributed by atoms with van der Waals surface area (Å²) in [6.07, 6.45) is 3.69. The molecule has 3 N–H and O–H groups in total. The molecule has 46 heavy (non-hydrogen) atoms. The number of rotatable bonds is 11. The minimum atomic E-state index is -0.308. The quantitative estimate of drug-likeness (QED) is 0.299. The highest BCUT2D eigenvalue weighted by Crippen LogP contribution is 2.35. The molecule has 2 heterocycles. The largest absolute Gasteiger partial charge is 0.484 e. The van der Waals surface area contributed by atoms with Gasteiger partial charge in [-0.1, -0.05) is 62.2 Å². The molecule has 2 aromatic carbocycles. The van der Waals surface area contributed by atoms with Crippen LogP contribution in [-0.2, 0) is 16.1 Å². The Bertz CT molecular complexity index is 1570. The molecule has 1 aromatic heterocycles. The van der Waals surface area contributed by atoms with Crippen LogP contribution in [-0.4, -0.2) is 76.6 Å². The summed E-state index contributed by atoms with van der Waals surface area (Å²) in [5, 5.41) is 9.30. The van der Waals surface area contributed by atoms with Gasteiger partial charge in [-0.15, -0.1) is 0 Å². The van der Waals surface area contributed by atoms with Gasteiger partial charge < -0.3 is 25.6 Å². The van der Waals surface area contributed by atoms with E-state index in [1.165, 1.54) is 0 Å². The van der Waals surface area contributed by atoms with E-state index in [1.54, 1.807) is 21.3 Å². The zero-order chi connectivity index (χ0) is 32.6. The van der Waals surface area contributed by atoms with Crippen LogP contribution < -0.4 is 26.4 Å². The van der Waals surface area contributed by atoms with E-state index in [9.17, 15) is 19.2 Å². The van der Waals surface area contributed by atoms with Crippen molar-refractivity contribution in [2.24, 2.45) is 0 Å². The molecule has 246 valence electrons. The Labute approximate surface area is 270 Å². The van der Waals surface area contributed by atoms with Gasteiger partial charge in [-0.3, -0.25) is 23.5 Å². The van der Waals surface area contributed by atoms with E-state index in [0.717, 1.165) is 30.4 Å². The predicted octanol–water partition coefficient (Wildman–Crippen LogP) is 3.32. The predicted molar refractivity (Wildman–Crippen MR) is 177 cm³/mol. The average Bonchev–Trinajstić information content (AvgIpc) is 3.35. The fourth-order valence-electron chi connectivity index (χ4n) is 6.45. The van der Waals surface area contributed by atoms with Gasteiger partial charge >= 0.3 is 5.69 Å². The maximum Gasteiger partial charge on any atom is 0.329 e. The molecule has 2 fully saturated rings. The third kappa shape index (κ3) is 7.70. The van der Waals surface area contributed by atoms with Crippen LogP contribution >= 0.6 is 0 Å². The number of amides is 3. The first-order valence-corrected chi connectivity index (χ1v) is 16.5. The molecule has 1 saturated carbocycles. The summed E-state index contributed by atoms with van der Waals surface area (Å²) < 4.78 is 9.15. The number of ether oxygens (including phenoxy) is 1. The van der Waals surface area contributed by atoms with Crippen LogP contribution in [0.5, 0.6) is 5.75 Å². The summed E-state index contributed by atoms with van der Waals surface area (Å²) in [4.78, 5) is 55.8. The Morgan fingerprint density at radius 1 is 0.978 bits per heavy atom. The van der Waals surface area contributed by atoms with Gasteiger partial charge in [0.15, 0.2) is 6.61 Å². The number of aromatic nitrogens is 2. The monoisotopic (exact) mass is 630 g/mol. The highest BCUT2D eigenvalue weighted by Gasteiger charge is 2.36. The molecule has 3 aromatic rings. The number of benzene rings is 2. The number of imidazole rings is 1. The fourth-order valence-corrected chi connectivity index (χ4v) is 6.45. The van der Waals surface area contributed by atoms with Crippen molar-refractivity contribution >= 4 is 17.7 Å². The van der Waals surface area contributed by atoms with Crippen LogP contribution in [0.2, 0.25) is 0 Å². The molecule has 0 spiro atoms. The molecule has 3 amide bonds. The van der Waals surface area contributed by atoms with E-state index in [4.69, 9.17) is 4.74 Å². The molecule has 2 aliphatic rings. The van der Waals surface area contributed by atoms with E-state index in [0.29, 0.717) is 56.2 Å². The van der Waals surface area contributed by atoms with Gasteiger partial charge in [0, 0.05) is 50.2 Å². The second-order valence-corrected chi connectivity index (χ2v) is 12.4. The smallest absolute Gasteiger partial charge is 0.329 e.